The molecule has 0 amide bonds. The first-order valence-electron chi connectivity index (χ1n) is 20.5. The van der Waals surface area contributed by atoms with Crippen LogP contribution in [0.3, 0.4) is 0 Å². The van der Waals surface area contributed by atoms with Gasteiger partial charge in [-0.25, -0.2) is 0 Å². The molecular formula is C43H65NO3. The van der Waals surface area contributed by atoms with Crippen LogP contribution in [0.2, 0.25) is 0 Å². The van der Waals surface area contributed by atoms with Crippen molar-refractivity contribution in [2.24, 2.45) is 70.5 Å². The van der Waals surface area contributed by atoms with E-state index in [1.165, 1.54) is 120 Å². The minimum atomic E-state index is -0.561. The van der Waals surface area contributed by atoms with Gasteiger partial charge in [-0.2, -0.15) is 0 Å². The maximum Gasteiger partial charge on any atom is 0.0861 e. The van der Waals surface area contributed by atoms with Crippen LogP contribution in [0, 0.1) is 84.4 Å². The minimum Gasteiger partial charge on any atom is -0.393 e. The summed E-state index contributed by atoms with van der Waals surface area (Å²) in [6.07, 6.45) is 18.7. The Morgan fingerprint density at radius 2 is 1.55 bits per heavy atom. The molecule has 47 heavy (non-hydrogen) atoms. The first-order valence-corrected chi connectivity index (χ1v) is 20.5. The van der Waals surface area contributed by atoms with E-state index in [-0.39, 0.29) is 17.6 Å². The molecule has 0 aromatic heterocycles. The number of hydrogen-bond donors (Lipinski definition) is 3. The molecule has 2 bridgehead atoms. The molecule has 9 rings (SSSR count). The molecule has 1 aromatic carbocycles. The predicted molar refractivity (Wildman–Crippen MR) is 188 cm³/mol. The highest BCUT2D eigenvalue weighted by Gasteiger charge is 2.68. The number of hydrogen-bond acceptors (Lipinski definition) is 4. The number of aryl methyl sites for hydroxylation is 2. The summed E-state index contributed by atoms with van der Waals surface area (Å²) in [7, 11) is 0. The van der Waals surface area contributed by atoms with Gasteiger partial charge in [-0.3, -0.25) is 4.90 Å². The van der Waals surface area contributed by atoms with E-state index in [9.17, 15) is 15.3 Å². The average Bonchev–Trinajstić information content (AvgIpc) is 3.42. The molecule has 16 atom stereocenters. The molecule has 1 aromatic rings. The highest BCUT2D eigenvalue weighted by atomic mass is 16.3. The third kappa shape index (κ3) is 5.02. The molecule has 2 saturated heterocycles. The van der Waals surface area contributed by atoms with E-state index in [0.29, 0.717) is 53.4 Å². The first kappa shape index (κ1) is 32.0. The summed E-state index contributed by atoms with van der Waals surface area (Å²) < 4.78 is 0. The summed E-state index contributed by atoms with van der Waals surface area (Å²) in [5.74, 6) is 6.44. The number of rotatable bonds is 3. The maximum absolute atomic E-state index is 13.6. The van der Waals surface area contributed by atoms with Crippen LogP contribution in [-0.2, 0) is 6.42 Å². The lowest BCUT2D eigenvalue weighted by Crippen LogP contribution is -2.71. The summed E-state index contributed by atoms with van der Waals surface area (Å²) in [4.78, 5) is 2.84. The second kappa shape index (κ2) is 11.8. The van der Waals surface area contributed by atoms with Crippen LogP contribution in [0.5, 0.6) is 0 Å². The van der Waals surface area contributed by atoms with E-state index in [2.05, 4.69) is 43.9 Å². The van der Waals surface area contributed by atoms with Crippen LogP contribution >= 0.6 is 0 Å². The molecular weight excluding hydrogens is 578 g/mol. The van der Waals surface area contributed by atoms with Crippen molar-refractivity contribution in [1.82, 2.24) is 4.90 Å². The number of nitrogens with zero attached hydrogens (tertiary/aromatic N) is 1. The van der Waals surface area contributed by atoms with Crippen LogP contribution < -0.4 is 0 Å². The Bertz CT molecular complexity index is 1310. The highest BCUT2D eigenvalue weighted by molar-refractivity contribution is 5.29. The number of benzene rings is 1. The molecule has 2 heterocycles. The third-order valence-electron chi connectivity index (χ3n) is 17.1. The lowest BCUT2D eigenvalue weighted by molar-refractivity contribution is -0.217. The van der Waals surface area contributed by atoms with E-state index in [4.69, 9.17) is 0 Å². The van der Waals surface area contributed by atoms with Gasteiger partial charge in [0.15, 0.2) is 0 Å². The Morgan fingerprint density at radius 1 is 0.723 bits per heavy atom. The van der Waals surface area contributed by atoms with Crippen molar-refractivity contribution in [2.45, 2.75) is 147 Å². The Hall–Kier alpha value is -0.940. The molecule has 8 fully saturated rings. The number of piperidine rings is 2. The summed E-state index contributed by atoms with van der Waals surface area (Å²) >= 11 is 0. The van der Waals surface area contributed by atoms with Crippen molar-refractivity contribution in [3.05, 3.63) is 34.9 Å². The zero-order valence-corrected chi connectivity index (χ0v) is 29.8. The standard InChI is InChI=1S/C43H65NO3/c1-25-9-12-41-43(47,31-8-4-6-28(18-31)17-29-15-26(2)14-27(3)16-29)36-11-10-32-33(35(36)24-44(41)23-25)19-37-34(32)20-40(46)38-21-39(45)30-7-5-13-42(37,38)22-30/h14-16,25,28,30-41,45-47H,4-13,17-24H2,1-3H3/t25-,28+,30-,31-,32-,33-,34-,35-,36+,37+,38-,39+,40-,41-,42-,43+/m0/s1. The van der Waals surface area contributed by atoms with Crippen molar-refractivity contribution in [1.29, 1.82) is 0 Å². The van der Waals surface area contributed by atoms with Crippen LogP contribution in [0.1, 0.15) is 120 Å². The molecule has 0 radical (unpaired) electrons. The fraction of sp³-hybridized carbons (Fsp3) is 0.860. The molecule has 2 aliphatic heterocycles. The van der Waals surface area contributed by atoms with Gasteiger partial charge in [-0.05, 0) is 173 Å². The van der Waals surface area contributed by atoms with Gasteiger partial charge >= 0.3 is 0 Å². The Kier molecular flexibility index (Phi) is 8.04. The second-order valence-electron chi connectivity index (χ2n) is 19.5. The van der Waals surface area contributed by atoms with Crippen molar-refractivity contribution in [2.75, 3.05) is 13.1 Å². The first-order chi connectivity index (χ1) is 22.6. The molecule has 4 heteroatoms. The molecule has 1 spiro atoms. The summed E-state index contributed by atoms with van der Waals surface area (Å²) in [5, 5.41) is 36.4. The van der Waals surface area contributed by atoms with Gasteiger partial charge in [0.2, 0.25) is 0 Å². The van der Waals surface area contributed by atoms with Crippen LogP contribution in [-0.4, -0.2) is 57.2 Å². The largest absolute Gasteiger partial charge is 0.393 e. The van der Waals surface area contributed by atoms with Gasteiger partial charge in [0.1, 0.15) is 0 Å². The van der Waals surface area contributed by atoms with Crippen LogP contribution in [0.15, 0.2) is 18.2 Å². The van der Waals surface area contributed by atoms with E-state index >= 15 is 0 Å². The molecule has 6 saturated carbocycles. The van der Waals surface area contributed by atoms with Crippen molar-refractivity contribution >= 4 is 0 Å². The quantitative estimate of drug-likeness (QED) is 0.316. The molecule has 8 aliphatic rings. The Balaban J connectivity index is 1.02. The second-order valence-corrected chi connectivity index (χ2v) is 19.5. The molecule has 4 nitrogen and oxygen atoms in total. The van der Waals surface area contributed by atoms with E-state index in [0.717, 1.165) is 30.6 Å². The van der Waals surface area contributed by atoms with Gasteiger partial charge in [-0.15, -0.1) is 0 Å². The number of aliphatic hydroxyl groups is 3. The normalized spacial score (nSPS) is 52.5. The van der Waals surface area contributed by atoms with Crippen LogP contribution in [0.25, 0.3) is 0 Å². The molecule has 260 valence electrons. The van der Waals surface area contributed by atoms with Gasteiger partial charge < -0.3 is 15.3 Å². The SMILES string of the molecule is Cc1cc(C)cc(C[C@H]2CCC[C@H]([C@@]3(O)[C@@H]4CC[C@H]5[C@H](C[C@@H]6[C@H]5C[C@H](O)[C@@H]5C[C@@H](O)[C@H]7CCC[C@]65C7)[C@@H]4CN4C[C@@H](C)CC[C@H]43)C2)c1. The Morgan fingerprint density at radius 3 is 2.38 bits per heavy atom. The zero-order chi connectivity index (χ0) is 32.2. The molecule has 3 N–H and O–H groups in total. The fourth-order valence-corrected chi connectivity index (χ4v) is 15.7. The van der Waals surface area contributed by atoms with Gasteiger partial charge in [0, 0.05) is 19.1 Å². The predicted octanol–water partition coefficient (Wildman–Crippen LogP) is 7.71. The average molecular weight is 644 g/mol. The van der Waals surface area contributed by atoms with Gasteiger partial charge in [0.25, 0.3) is 0 Å². The summed E-state index contributed by atoms with van der Waals surface area (Å²) in [5.41, 5.74) is 3.97. The van der Waals surface area contributed by atoms with Crippen molar-refractivity contribution < 1.29 is 15.3 Å². The number of fused-ring (bicyclic) bond motifs is 7. The van der Waals surface area contributed by atoms with Crippen molar-refractivity contribution in [3.63, 3.8) is 0 Å². The topological polar surface area (TPSA) is 63.9 Å². The minimum absolute atomic E-state index is 0.201. The number of aliphatic hydroxyl groups excluding tert-OH is 2. The third-order valence-corrected chi connectivity index (χ3v) is 17.1. The lowest BCUT2D eigenvalue weighted by atomic mass is 9.45. The van der Waals surface area contributed by atoms with Crippen molar-refractivity contribution in [3.8, 4) is 0 Å². The smallest absolute Gasteiger partial charge is 0.0861 e. The highest BCUT2D eigenvalue weighted by Crippen LogP contribution is 2.71. The lowest BCUT2D eigenvalue weighted by Gasteiger charge is -2.63. The molecule has 6 aliphatic carbocycles. The van der Waals surface area contributed by atoms with Crippen LogP contribution in [0.4, 0.5) is 0 Å². The summed E-state index contributed by atoms with van der Waals surface area (Å²) in [6, 6.07) is 7.47. The van der Waals surface area contributed by atoms with E-state index in [1.54, 1.807) is 0 Å². The van der Waals surface area contributed by atoms with Gasteiger partial charge in [-0.1, -0.05) is 55.5 Å². The fourth-order valence-electron chi connectivity index (χ4n) is 15.7. The maximum atomic E-state index is 13.6. The summed E-state index contributed by atoms with van der Waals surface area (Å²) in [6.45, 7) is 9.31. The zero-order valence-electron chi connectivity index (χ0n) is 29.8. The van der Waals surface area contributed by atoms with Gasteiger partial charge in [0.05, 0.1) is 17.8 Å². The monoisotopic (exact) mass is 643 g/mol. The Labute approximate surface area is 285 Å². The van der Waals surface area contributed by atoms with E-state index in [1.807, 2.05) is 0 Å². The molecule has 0 unspecified atom stereocenters. The van der Waals surface area contributed by atoms with E-state index < -0.39 is 5.60 Å².